The maximum absolute atomic E-state index is 11.4. The van der Waals surface area contributed by atoms with Crippen molar-refractivity contribution in [1.82, 2.24) is 10.0 Å². The van der Waals surface area contributed by atoms with Crippen molar-refractivity contribution in [3.05, 3.63) is 12.8 Å². The molecule has 2 atom stereocenters. The average molecular weight is 232 g/mol. The monoisotopic (exact) mass is 232 g/mol. The van der Waals surface area contributed by atoms with Crippen molar-refractivity contribution in [1.29, 1.82) is 0 Å². The van der Waals surface area contributed by atoms with Crippen LogP contribution in [0, 0.1) is 0 Å². The Balaban J connectivity index is 2.62. The van der Waals surface area contributed by atoms with Crippen LogP contribution in [0.2, 0.25) is 0 Å². The molecule has 88 valence electrons. The van der Waals surface area contributed by atoms with Gasteiger partial charge < -0.3 is 9.50 Å². The van der Waals surface area contributed by atoms with Crippen molar-refractivity contribution in [2.45, 2.75) is 51.2 Å². The topological polar surface area (TPSA) is 50.4 Å². The summed E-state index contributed by atoms with van der Waals surface area (Å²) in [6.45, 7) is 11.8. The first-order valence-corrected chi connectivity index (χ1v) is 6.10. The molecule has 0 spiro atoms. The predicted octanol–water partition coefficient (Wildman–Crippen LogP) is 1.23. The van der Waals surface area contributed by atoms with Crippen LogP contribution < -0.4 is 10.0 Å². The molecule has 0 amide bonds. The standard InChI is InChI=1S/C10H20N2O2S/c1-6-14-15(13)11-8-7-9(2,3)12-10(8,4)5/h6,8,11-12H,1,7H2,2-5H3. The summed E-state index contributed by atoms with van der Waals surface area (Å²) in [6, 6.07) is 0.119. The van der Waals surface area contributed by atoms with Gasteiger partial charge in [-0.2, -0.15) is 8.93 Å². The Kier molecular flexibility index (Phi) is 3.58. The minimum absolute atomic E-state index is 0.0551. The Morgan fingerprint density at radius 1 is 1.53 bits per heavy atom. The summed E-state index contributed by atoms with van der Waals surface area (Å²) >= 11 is -1.50. The van der Waals surface area contributed by atoms with E-state index in [0.29, 0.717) is 0 Å². The molecule has 1 saturated heterocycles. The summed E-state index contributed by atoms with van der Waals surface area (Å²) in [5.74, 6) is 0. The molecule has 0 aromatic carbocycles. The lowest BCUT2D eigenvalue weighted by molar-refractivity contribution is 0.348. The van der Waals surface area contributed by atoms with Crippen LogP contribution in [0.1, 0.15) is 34.1 Å². The highest BCUT2D eigenvalue weighted by molar-refractivity contribution is 7.78. The molecular weight excluding hydrogens is 212 g/mol. The first-order chi connectivity index (χ1) is 6.77. The van der Waals surface area contributed by atoms with Gasteiger partial charge in [0, 0.05) is 17.1 Å². The molecule has 1 heterocycles. The first-order valence-electron chi connectivity index (χ1n) is 5.02. The third-order valence-electron chi connectivity index (χ3n) is 2.64. The van der Waals surface area contributed by atoms with Crippen molar-refractivity contribution in [3.63, 3.8) is 0 Å². The van der Waals surface area contributed by atoms with E-state index in [1.165, 1.54) is 6.26 Å². The summed E-state index contributed by atoms with van der Waals surface area (Å²) in [6.07, 6.45) is 2.09. The second-order valence-electron chi connectivity index (χ2n) is 5.10. The lowest BCUT2D eigenvalue weighted by Gasteiger charge is -2.28. The van der Waals surface area contributed by atoms with Crippen LogP contribution in [0.3, 0.4) is 0 Å². The van der Waals surface area contributed by atoms with E-state index in [9.17, 15) is 4.21 Å². The molecule has 1 aliphatic rings. The van der Waals surface area contributed by atoms with Gasteiger partial charge in [-0.25, -0.2) is 0 Å². The van der Waals surface area contributed by atoms with Crippen molar-refractivity contribution in [2.75, 3.05) is 0 Å². The van der Waals surface area contributed by atoms with Crippen LogP contribution in [0.15, 0.2) is 12.8 Å². The maximum Gasteiger partial charge on any atom is 0.287 e. The summed E-state index contributed by atoms with van der Waals surface area (Å²) in [5, 5.41) is 3.49. The Hall–Kier alpha value is -0.390. The number of nitrogens with one attached hydrogen (secondary N) is 2. The van der Waals surface area contributed by atoms with E-state index in [2.05, 4.69) is 44.3 Å². The third-order valence-corrected chi connectivity index (χ3v) is 3.43. The quantitative estimate of drug-likeness (QED) is 0.717. The summed E-state index contributed by atoms with van der Waals surface area (Å²) in [5.41, 5.74) is -0.0385. The molecule has 0 aromatic heterocycles. The molecule has 0 aliphatic carbocycles. The summed E-state index contributed by atoms with van der Waals surface area (Å²) in [7, 11) is 0. The molecule has 5 heteroatoms. The molecule has 2 unspecified atom stereocenters. The minimum atomic E-state index is -1.50. The van der Waals surface area contributed by atoms with Gasteiger partial charge in [0.2, 0.25) is 0 Å². The fraction of sp³-hybridized carbons (Fsp3) is 0.800. The summed E-state index contributed by atoms with van der Waals surface area (Å²) < 4.78 is 19.1. The lowest BCUT2D eigenvalue weighted by Crippen LogP contribution is -2.51. The first kappa shape index (κ1) is 12.7. The molecule has 4 nitrogen and oxygen atoms in total. The molecule has 1 rings (SSSR count). The van der Waals surface area contributed by atoms with E-state index in [4.69, 9.17) is 4.18 Å². The Bertz CT molecular complexity index is 277. The van der Waals surface area contributed by atoms with Crippen LogP contribution in [0.5, 0.6) is 0 Å². The van der Waals surface area contributed by atoms with E-state index >= 15 is 0 Å². The molecule has 2 N–H and O–H groups in total. The van der Waals surface area contributed by atoms with Crippen molar-refractivity contribution < 1.29 is 8.39 Å². The third kappa shape index (κ3) is 3.29. The van der Waals surface area contributed by atoms with E-state index in [1.807, 2.05) is 0 Å². The smallest absolute Gasteiger partial charge is 0.287 e. The minimum Gasteiger partial charge on any atom is -0.398 e. The molecule has 0 aromatic rings. The van der Waals surface area contributed by atoms with Crippen LogP contribution in [0.25, 0.3) is 0 Å². The zero-order valence-electron chi connectivity index (χ0n) is 9.79. The van der Waals surface area contributed by atoms with Gasteiger partial charge in [0.05, 0.1) is 6.26 Å². The Labute approximate surface area is 94.3 Å². The molecular formula is C10H20N2O2S. The van der Waals surface area contributed by atoms with Crippen molar-refractivity contribution >= 4 is 11.3 Å². The van der Waals surface area contributed by atoms with E-state index in [0.717, 1.165) is 6.42 Å². The van der Waals surface area contributed by atoms with Crippen LogP contribution in [-0.2, 0) is 15.4 Å². The van der Waals surface area contributed by atoms with E-state index in [-0.39, 0.29) is 17.1 Å². The molecule has 0 bridgehead atoms. The highest BCUT2D eigenvalue weighted by atomic mass is 32.2. The van der Waals surface area contributed by atoms with Gasteiger partial charge in [-0.1, -0.05) is 6.58 Å². The number of rotatable bonds is 4. The average Bonchev–Trinajstić information content (AvgIpc) is 2.19. The van der Waals surface area contributed by atoms with Gasteiger partial charge in [0.1, 0.15) is 0 Å². The second-order valence-corrected chi connectivity index (χ2v) is 6.00. The predicted molar refractivity (Wildman–Crippen MR) is 62.3 cm³/mol. The van der Waals surface area contributed by atoms with Crippen molar-refractivity contribution in [3.8, 4) is 0 Å². The zero-order chi connectivity index (χ0) is 11.7. The number of hydrogen-bond donors (Lipinski definition) is 2. The highest BCUT2D eigenvalue weighted by Gasteiger charge is 2.44. The fourth-order valence-corrected chi connectivity index (χ4v) is 2.96. The van der Waals surface area contributed by atoms with E-state index in [1.54, 1.807) is 0 Å². The van der Waals surface area contributed by atoms with Gasteiger partial charge in [0.15, 0.2) is 0 Å². The molecule has 0 radical (unpaired) electrons. The van der Waals surface area contributed by atoms with Gasteiger partial charge in [0.25, 0.3) is 11.3 Å². The summed E-state index contributed by atoms with van der Waals surface area (Å²) in [4.78, 5) is 0. The number of hydrogen-bond acceptors (Lipinski definition) is 3. The van der Waals surface area contributed by atoms with Crippen LogP contribution in [-0.4, -0.2) is 21.3 Å². The zero-order valence-corrected chi connectivity index (χ0v) is 10.6. The lowest BCUT2D eigenvalue weighted by atomic mass is 9.95. The van der Waals surface area contributed by atoms with E-state index < -0.39 is 11.3 Å². The van der Waals surface area contributed by atoms with Gasteiger partial charge >= 0.3 is 0 Å². The van der Waals surface area contributed by atoms with Gasteiger partial charge in [-0.05, 0) is 34.1 Å². The Morgan fingerprint density at radius 2 is 2.13 bits per heavy atom. The fourth-order valence-electron chi connectivity index (χ4n) is 2.17. The van der Waals surface area contributed by atoms with Crippen molar-refractivity contribution in [2.24, 2.45) is 0 Å². The largest absolute Gasteiger partial charge is 0.398 e. The highest BCUT2D eigenvalue weighted by Crippen LogP contribution is 2.30. The molecule has 0 saturated carbocycles. The van der Waals surface area contributed by atoms with Gasteiger partial charge in [-0.15, -0.1) is 0 Å². The maximum atomic E-state index is 11.4. The molecule has 15 heavy (non-hydrogen) atoms. The molecule has 1 aliphatic heterocycles. The Morgan fingerprint density at radius 3 is 2.53 bits per heavy atom. The van der Waals surface area contributed by atoms with Crippen LogP contribution in [0.4, 0.5) is 0 Å². The molecule has 1 fully saturated rings. The second kappa shape index (κ2) is 4.23. The normalized spacial score (nSPS) is 29.7. The van der Waals surface area contributed by atoms with Gasteiger partial charge in [-0.3, -0.25) is 0 Å². The van der Waals surface area contributed by atoms with Crippen LogP contribution >= 0.6 is 0 Å². The SMILES string of the molecule is C=COS(=O)NC1CC(C)(C)NC1(C)C.